The fraction of sp³-hybridized carbons (Fsp3) is 0.500. The average Bonchev–Trinajstić information content (AvgIpc) is 3.04. The zero-order valence-corrected chi connectivity index (χ0v) is 13.0. The van der Waals surface area contributed by atoms with Gasteiger partial charge in [-0.15, -0.1) is 6.58 Å². The van der Waals surface area contributed by atoms with Crippen LogP contribution in [0.1, 0.15) is 41.6 Å². The fourth-order valence-corrected chi connectivity index (χ4v) is 3.11. The molecule has 0 heterocycles. The summed E-state index contributed by atoms with van der Waals surface area (Å²) in [5.74, 6) is 0.161. The Labute approximate surface area is 128 Å². The van der Waals surface area contributed by atoms with E-state index in [1.54, 1.807) is 0 Å². The third-order valence-corrected chi connectivity index (χ3v) is 4.24. The first kappa shape index (κ1) is 15.8. The predicted molar refractivity (Wildman–Crippen MR) is 87.6 cm³/mol. The minimum absolute atomic E-state index is 0.161. The van der Waals surface area contributed by atoms with Gasteiger partial charge in [-0.05, 0) is 44.5 Å². The maximum absolute atomic E-state index is 13.0. The summed E-state index contributed by atoms with van der Waals surface area (Å²) in [6, 6.07) is 8.36. The van der Waals surface area contributed by atoms with Gasteiger partial charge in [0.1, 0.15) is 0 Å². The van der Waals surface area contributed by atoms with E-state index in [0.717, 1.165) is 36.9 Å². The minimum atomic E-state index is 0.161. The smallest absolute Gasteiger partial charge is 0.254 e. The summed E-state index contributed by atoms with van der Waals surface area (Å²) in [6.07, 6.45) is 7.42. The quantitative estimate of drug-likeness (QED) is 0.781. The van der Waals surface area contributed by atoms with Gasteiger partial charge in [0.2, 0.25) is 0 Å². The van der Waals surface area contributed by atoms with Crippen LogP contribution in [0.5, 0.6) is 0 Å². The van der Waals surface area contributed by atoms with E-state index >= 15 is 0 Å². The number of hydrogen-bond acceptors (Lipinski definition) is 2. The summed E-state index contributed by atoms with van der Waals surface area (Å²) < 4.78 is 0. The topological polar surface area (TPSA) is 32.3 Å². The molecule has 0 aromatic heterocycles. The Morgan fingerprint density at radius 2 is 2.10 bits per heavy atom. The number of nitrogens with one attached hydrogen (secondary N) is 1. The van der Waals surface area contributed by atoms with E-state index in [1.165, 1.54) is 12.8 Å². The highest BCUT2D eigenvalue weighted by Gasteiger charge is 2.27. The molecule has 1 fully saturated rings. The van der Waals surface area contributed by atoms with Crippen molar-refractivity contribution in [1.82, 2.24) is 10.2 Å². The lowest BCUT2D eigenvalue weighted by Gasteiger charge is -2.28. The van der Waals surface area contributed by atoms with E-state index in [0.29, 0.717) is 12.6 Å². The van der Waals surface area contributed by atoms with Gasteiger partial charge in [-0.1, -0.05) is 37.1 Å². The van der Waals surface area contributed by atoms with Gasteiger partial charge >= 0.3 is 0 Å². The van der Waals surface area contributed by atoms with Crippen LogP contribution in [0.15, 0.2) is 36.9 Å². The van der Waals surface area contributed by atoms with E-state index in [4.69, 9.17) is 0 Å². The molecular formula is C18H26N2O. The molecule has 1 aromatic carbocycles. The molecule has 1 saturated carbocycles. The van der Waals surface area contributed by atoms with Crippen molar-refractivity contribution in [3.63, 3.8) is 0 Å². The van der Waals surface area contributed by atoms with E-state index in [2.05, 4.69) is 18.0 Å². The van der Waals surface area contributed by atoms with E-state index in [1.807, 2.05) is 36.2 Å². The Balaban J connectivity index is 2.21. The Kier molecular flexibility index (Phi) is 6.00. The number of carbonyl (C=O) groups is 1. The van der Waals surface area contributed by atoms with Crippen LogP contribution in [0.4, 0.5) is 0 Å². The molecule has 0 spiro atoms. The lowest BCUT2D eigenvalue weighted by molar-refractivity contribution is 0.0705. The molecule has 0 saturated heterocycles. The molecule has 2 rings (SSSR count). The van der Waals surface area contributed by atoms with Gasteiger partial charge in [0.25, 0.3) is 5.91 Å². The summed E-state index contributed by atoms with van der Waals surface area (Å²) in [7, 11) is 1.94. The molecule has 0 atom stereocenters. The first-order chi connectivity index (χ1) is 10.3. The largest absolute Gasteiger partial charge is 0.332 e. The second-order valence-electron chi connectivity index (χ2n) is 5.70. The highest BCUT2D eigenvalue weighted by molar-refractivity contribution is 5.96. The van der Waals surface area contributed by atoms with E-state index in [9.17, 15) is 4.79 Å². The molecule has 3 heteroatoms. The van der Waals surface area contributed by atoms with Crippen molar-refractivity contribution in [2.75, 3.05) is 20.1 Å². The van der Waals surface area contributed by atoms with Crippen LogP contribution in [-0.2, 0) is 6.42 Å². The van der Waals surface area contributed by atoms with Crippen molar-refractivity contribution < 1.29 is 4.79 Å². The second kappa shape index (κ2) is 7.99. The molecule has 0 bridgehead atoms. The van der Waals surface area contributed by atoms with Crippen LogP contribution in [0.2, 0.25) is 0 Å². The molecule has 0 unspecified atom stereocenters. The number of nitrogens with zero attached hydrogens (tertiary/aromatic N) is 1. The molecular weight excluding hydrogens is 260 g/mol. The Hall–Kier alpha value is -1.61. The summed E-state index contributed by atoms with van der Waals surface area (Å²) in [4.78, 5) is 15.0. The SMILES string of the molecule is C=CCN(C(=O)c1ccccc1CCNC)C1CCCC1. The highest BCUT2D eigenvalue weighted by Crippen LogP contribution is 2.25. The summed E-state index contributed by atoms with van der Waals surface area (Å²) in [5, 5.41) is 3.15. The van der Waals surface area contributed by atoms with Gasteiger partial charge in [0.05, 0.1) is 0 Å². The van der Waals surface area contributed by atoms with Crippen LogP contribution in [-0.4, -0.2) is 37.0 Å². The molecule has 1 amide bonds. The first-order valence-electron chi connectivity index (χ1n) is 7.92. The minimum Gasteiger partial charge on any atom is -0.332 e. The third kappa shape index (κ3) is 3.94. The van der Waals surface area contributed by atoms with Crippen molar-refractivity contribution >= 4 is 5.91 Å². The van der Waals surface area contributed by atoms with Crippen molar-refractivity contribution in [1.29, 1.82) is 0 Å². The van der Waals surface area contributed by atoms with Crippen molar-refractivity contribution in [2.45, 2.75) is 38.1 Å². The number of carbonyl (C=O) groups excluding carboxylic acids is 1. The number of amides is 1. The zero-order valence-electron chi connectivity index (χ0n) is 13.0. The van der Waals surface area contributed by atoms with Crippen LogP contribution in [0.3, 0.4) is 0 Å². The third-order valence-electron chi connectivity index (χ3n) is 4.24. The van der Waals surface area contributed by atoms with Crippen LogP contribution in [0.25, 0.3) is 0 Å². The van der Waals surface area contributed by atoms with E-state index in [-0.39, 0.29) is 5.91 Å². The molecule has 1 aromatic rings. The standard InChI is InChI=1S/C18H26N2O/c1-3-14-20(16-9-5-6-10-16)18(21)17-11-7-4-8-15(17)12-13-19-2/h3-4,7-8,11,16,19H,1,5-6,9-10,12-14H2,2H3. The van der Waals surface area contributed by atoms with Gasteiger partial charge in [0.15, 0.2) is 0 Å². The monoisotopic (exact) mass is 286 g/mol. The second-order valence-corrected chi connectivity index (χ2v) is 5.70. The molecule has 114 valence electrons. The number of likely N-dealkylation sites (N-methyl/N-ethyl adjacent to an activating group) is 1. The van der Waals surface area contributed by atoms with Gasteiger partial charge in [-0.2, -0.15) is 0 Å². The molecule has 1 aliphatic carbocycles. The molecule has 1 N–H and O–H groups in total. The fourth-order valence-electron chi connectivity index (χ4n) is 3.11. The lowest BCUT2D eigenvalue weighted by atomic mass is 10.0. The summed E-state index contributed by atoms with van der Waals surface area (Å²) >= 11 is 0. The normalized spacial score (nSPS) is 15.1. The lowest BCUT2D eigenvalue weighted by Crippen LogP contribution is -2.39. The zero-order chi connectivity index (χ0) is 15.1. The molecule has 3 nitrogen and oxygen atoms in total. The first-order valence-corrected chi connectivity index (χ1v) is 7.92. The van der Waals surface area contributed by atoms with Gasteiger partial charge in [0, 0.05) is 18.2 Å². The summed E-state index contributed by atoms with van der Waals surface area (Å²) in [5.41, 5.74) is 1.98. The number of hydrogen-bond donors (Lipinski definition) is 1. The molecule has 1 aliphatic rings. The van der Waals surface area contributed by atoms with Gasteiger partial charge in [-0.25, -0.2) is 0 Å². The molecule has 0 aliphatic heterocycles. The van der Waals surface area contributed by atoms with E-state index < -0.39 is 0 Å². The van der Waals surface area contributed by atoms with Crippen molar-refractivity contribution in [2.24, 2.45) is 0 Å². The van der Waals surface area contributed by atoms with Crippen molar-refractivity contribution in [3.8, 4) is 0 Å². The number of rotatable bonds is 7. The van der Waals surface area contributed by atoms with Crippen LogP contribution in [0, 0.1) is 0 Å². The Morgan fingerprint density at radius 1 is 1.38 bits per heavy atom. The Morgan fingerprint density at radius 3 is 2.76 bits per heavy atom. The number of benzene rings is 1. The Bertz CT molecular complexity index is 478. The molecule has 0 radical (unpaired) electrons. The van der Waals surface area contributed by atoms with Crippen LogP contribution >= 0.6 is 0 Å². The maximum Gasteiger partial charge on any atom is 0.254 e. The summed E-state index contributed by atoms with van der Waals surface area (Å²) in [6.45, 7) is 5.34. The molecule has 21 heavy (non-hydrogen) atoms. The van der Waals surface area contributed by atoms with Gasteiger partial charge < -0.3 is 10.2 Å². The average molecular weight is 286 g/mol. The van der Waals surface area contributed by atoms with Crippen LogP contribution < -0.4 is 5.32 Å². The van der Waals surface area contributed by atoms with Gasteiger partial charge in [-0.3, -0.25) is 4.79 Å². The predicted octanol–water partition coefficient (Wildman–Crippen LogP) is 3.02. The highest BCUT2D eigenvalue weighted by atomic mass is 16.2. The van der Waals surface area contributed by atoms with Crippen molar-refractivity contribution in [3.05, 3.63) is 48.0 Å². The maximum atomic E-state index is 13.0.